The monoisotopic (exact) mass is 447 g/mol. The summed E-state index contributed by atoms with van der Waals surface area (Å²) >= 11 is 11.9. The van der Waals surface area contributed by atoms with Crippen LogP contribution in [0.4, 0.5) is 30.6 Å². The van der Waals surface area contributed by atoms with E-state index in [2.05, 4.69) is 20.6 Å². The van der Waals surface area contributed by atoms with Crippen LogP contribution < -0.4 is 10.6 Å². The first-order valence-electron chi connectivity index (χ1n) is 9.24. The van der Waals surface area contributed by atoms with Gasteiger partial charge in [0.15, 0.2) is 0 Å². The number of aromatic nitrogens is 2. The number of nitrogens with one attached hydrogen (secondary N) is 2. The van der Waals surface area contributed by atoms with Crippen LogP contribution in [-0.4, -0.2) is 41.0 Å². The van der Waals surface area contributed by atoms with Crippen molar-refractivity contribution in [1.82, 2.24) is 14.9 Å². The summed E-state index contributed by atoms with van der Waals surface area (Å²) in [5.74, 6) is -0.190. The molecule has 10 heteroatoms. The van der Waals surface area contributed by atoms with E-state index < -0.39 is 11.7 Å². The van der Waals surface area contributed by atoms with Crippen molar-refractivity contribution < 1.29 is 13.2 Å². The summed E-state index contributed by atoms with van der Waals surface area (Å²) in [6.45, 7) is 0. The average molecular weight is 448 g/mol. The Morgan fingerprint density at radius 1 is 1.10 bits per heavy atom. The number of alkyl halides is 3. The maximum atomic E-state index is 13.5. The highest BCUT2D eigenvalue weighted by molar-refractivity contribution is 6.42. The van der Waals surface area contributed by atoms with E-state index in [4.69, 9.17) is 23.2 Å². The van der Waals surface area contributed by atoms with E-state index in [1.807, 2.05) is 19.0 Å². The zero-order valence-electron chi connectivity index (χ0n) is 16.0. The Morgan fingerprint density at radius 3 is 2.48 bits per heavy atom. The topological polar surface area (TPSA) is 53.1 Å². The molecule has 1 aliphatic carbocycles. The summed E-state index contributed by atoms with van der Waals surface area (Å²) in [4.78, 5) is 10.0. The second-order valence-electron chi connectivity index (χ2n) is 7.27. The Bertz CT molecular complexity index is 860. The van der Waals surface area contributed by atoms with Gasteiger partial charge in [0.2, 0.25) is 5.95 Å². The maximum absolute atomic E-state index is 13.5. The largest absolute Gasteiger partial charge is 0.421 e. The van der Waals surface area contributed by atoms with Crippen molar-refractivity contribution >= 4 is 40.7 Å². The fourth-order valence-electron chi connectivity index (χ4n) is 3.54. The summed E-state index contributed by atoms with van der Waals surface area (Å²) < 4.78 is 40.6. The van der Waals surface area contributed by atoms with Crippen molar-refractivity contribution in [3.63, 3.8) is 0 Å². The average Bonchev–Trinajstić information content (AvgIpc) is 2.64. The molecule has 3 rings (SSSR count). The van der Waals surface area contributed by atoms with Crippen LogP contribution in [0.3, 0.4) is 0 Å². The van der Waals surface area contributed by atoms with Gasteiger partial charge in [-0.05, 0) is 45.1 Å². The Kier molecular flexibility index (Phi) is 6.76. The van der Waals surface area contributed by atoms with Gasteiger partial charge in [-0.3, -0.25) is 0 Å². The van der Waals surface area contributed by atoms with Gasteiger partial charge in [-0.1, -0.05) is 36.0 Å². The molecule has 0 aliphatic heterocycles. The third-order valence-corrected chi connectivity index (χ3v) is 5.72. The van der Waals surface area contributed by atoms with Gasteiger partial charge in [0.05, 0.1) is 10.0 Å². The van der Waals surface area contributed by atoms with Crippen molar-refractivity contribution in [3.8, 4) is 0 Å². The molecule has 2 aromatic rings. The first-order valence-corrected chi connectivity index (χ1v) is 10.00. The predicted octanol–water partition coefficient (Wildman–Crippen LogP) is 5.83. The van der Waals surface area contributed by atoms with Crippen LogP contribution in [-0.2, 0) is 6.18 Å². The van der Waals surface area contributed by atoms with Crippen LogP contribution >= 0.6 is 23.2 Å². The van der Waals surface area contributed by atoms with E-state index in [9.17, 15) is 13.2 Å². The normalized spacial score (nSPS) is 20.0. The minimum atomic E-state index is -4.56. The van der Waals surface area contributed by atoms with Gasteiger partial charge in [-0.25, -0.2) is 4.98 Å². The van der Waals surface area contributed by atoms with E-state index in [0.717, 1.165) is 31.9 Å². The molecular formula is C19H22Cl2F3N5. The van der Waals surface area contributed by atoms with Gasteiger partial charge in [-0.2, -0.15) is 18.2 Å². The molecule has 1 saturated carbocycles. The Balaban J connectivity index is 1.90. The van der Waals surface area contributed by atoms with E-state index in [1.54, 1.807) is 18.2 Å². The van der Waals surface area contributed by atoms with Crippen molar-refractivity contribution in [3.05, 3.63) is 40.0 Å². The number of halogens is 5. The summed E-state index contributed by atoms with van der Waals surface area (Å²) in [7, 11) is 3.87. The van der Waals surface area contributed by atoms with Crippen molar-refractivity contribution in [1.29, 1.82) is 0 Å². The summed E-state index contributed by atoms with van der Waals surface area (Å²) in [5.41, 5.74) is -0.366. The molecule has 1 fully saturated rings. The molecule has 1 aromatic carbocycles. The standard InChI is InChI=1S/C19H22Cl2F3N5/c1-29(2)16-6-4-3-5-15(16)27-17-12(19(22,23)24)10-25-18(28-17)26-11-7-8-13(20)14(21)9-11/h7-10,15-16H,3-6H2,1-2H3,(H2,25,26,27,28). The van der Waals surface area contributed by atoms with Gasteiger partial charge in [0, 0.05) is 24.0 Å². The number of benzene rings is 1. The molecule has 29 heavy (non-hydrogen) atoms. The van der Waals surface area contributed by atoms with Gasteiger partial charge in [-0.15, -0.1) is 0 Å². The highest BCUT2D eigenvalue weighted by atomic mass is 35.5. The molecule has 2 atom stereocenters. The molecular weight excluding hydrogens is 426 g/mol. The van der Waals surface area contributed by atoms with Gasteiger partial charge >= 0.3 is 6.18 Å². The van der Waals surface area contributed by atoms with E-state index in [-0.39, 0.29) is 23.8 Å². The number of nitrogens with zero attached hydrogens (tertiary/aromatic N) is 3. The molecule has 5 nitrogen and oxygen atoms in total. The minimum Gasteiger partial charge on any atom is -0.365 e. The Morgan fingerprint density at radius 2 is 1.83 bits per heavy atom. The quantitative estimate of drug-likeness (QED) is 0.603. The lowest BCUT2D eigenvalue weighted by atomic mass is 9.89. The molecule has 2 N–H and O–H groups in total. The fraction of sp³-hybridized carbons (Fsp3) is 0.474. The summed E-state index contributed by atoms with van der Waals surface area (Å²) in [6, 6.07) is 4.78. The number of anilines is 3. The van der Waals surface area contributed by atoms with Crippen molar-refractivity contribution in [2.45, 2.75) is 43.9 Å². The minimum absolute atomic E-state index is 0.0381. The molecule has 1 aromatic heterocycles. The van der Waals surface area contributed by atoms with Crippen LogP contribution in [0.25, 0.3) is 0 Å². The summed E-state index contributed by atoms with van der Waals surface area (Å²) in [6.07, 6.45) is -0.0511. The predicted molar refractivity (Wildman–Crippen MR) is 110 cm³/mol. The molecule has 1 aliphatic rings. The highest BCUT2D eigenvalue weighted by Crippen LogP contribution is 2.36. The molecule has 0 spiro atoms. The second-order valence-corrected chi connectivity index (χ2v) is 8.09. The van der Waals surface area contributed by atoms with E-state index >= 15 is 0 Å². The Hall–Kier alpha value is -1.77. The Labute approximate surface area is 177 Å². The van der Waals surface area contributed by atoms with Crippen LogP contribution in [0.5, 0.6) is 0 Å². The lowest BCUT2D eigenvalue weighted by Crippen LogP contribution is -2.45. The molecule has 0 amide bonds. The zero-order chi connectivity index (χ0) is 21.2. The van der Waals surface area contributed by atoms with Crippen LogP contribution in [0.2, 0.25) is 10.0 Å². The third-order valence-electron chi connectivity index (χ3n) is 4.98. The van der Waals surface area contributed by atoms with E-state index in [0.29, 0.717) is 15.7 Å². The molecule has 1 heterocycles. The van der Waals surface area contributed by atoms with Gasteiger partial charge < -0.3 is 15.5 Å². The SMILES string of the molecule is CN(C)C1CCCCC1Nc1nc(Nc2ccc(Cl)c(Cl)c2)ncc1C(F)(F)F. The lowest BCUT2D eigenvalue weighted by Gasteiger charge is -2.37. The molecule has 0 bridgehead atoms. The number of hydrogen-bond donors (Lipinski definition) is 2. The van der Waals surface area contributed by atoms with Crippen LogP contribution in [0.15, 0.2) is 24.4 Å². The number of hydrogen-bond acceptors (Lipinski definition) is 5. The molecule has 2 unspecified atom stereocenters. The van der Waals surface area contributed by atoms with Crippen molar-refractivity contribution in [2.75, 3.05) is 24.7 Å². The fourth-order valence-corrected chi connectivity index (χ4v) is 3.83. The number of likely N-dealkylation sites (N-methyl/N-ethyl adjacent to an activating group) is 1. The summed E-state index contributed by atoms with van der Waals surface area (Å²) in [5, 5.41) is 6.61. The van der Waals surface area contributed by atoms with E-state index in [1.165, 1.54) is 0 Å². The molecule has 0 radical (unpaired) electrons. The van der Waals surface area contributed by atoms with Crippen molar-refractivity contribution in [2.24, 2.45) is 0 Å². The highest BCUT2D eigenvalue weighted by Gasteiger charge is 2.37. The van der Waals surface area contributed by atoms with Gasteiger partial charge in [0.1, 0.15) is 11.4 Å². The molecule has 0 saturated heterocycles. The second kappa shape index (κ2) is 8.93. The number of rotatable bonds is 5. The molecule has 158 valence electrons. The maximum Gasteiger partial charge on any atom is 0.421 e. The smallest absolute Gasteiger partial charge is 0.365 e. The first-order chi connectivity index (χ1) is 13.6. The van der Waals surface area contributed by atoms with Crippen LogP contribution in [0, 0.1) is 0 Å². The zero-order valence-corrected chi connectivity index (χ0v) is 17.5. The van der Waals surface area contributed by atoms with Gasteiger partial charge in [0.25, 0.3) is 0 Å². The first kappa shape index (κ1) is 21.9. The third kappa shape index (κ3) is 5.43. The lowest BCUT2D eigenvalue weighted by molar-refractivity contribution is -0.137. The van der Waals surface area contributed by atoms with Crippen LogP contribution in [0.1, 0.15) is 31.2 Å².